The first-order valence-corrected chi connectivity index (χ1v) is 3.85. The number of nitrogen functional groups attached to an aromatic ring is 1. The lowest BCUT2D eigenvalue weighted by atomic mass is 10.4. The highest BCUT2D eigenvalue weighted by molar-refractivity contribution is 14.1. The van der Waals surface area contributed by atoms with Crippen LogP contribution in [0.4, 0.5) is 19.0 Å². The number of nitrogens with zero attached hydrogens (tertiary/aromatic N) is 2. The molecule has 0 atom stereocenters. The Morgan fingerprint density at radius 3 is 2.33 bits per heavy atom. The molecule has 1 heterocycles. The van der Waals surface area contributed by atoms with Crippen LogP contribution in [0.5, 0.6) is 0 Å². The number of hydrogen-bond donors (Lipinski definition) is 1. The third kappa shape index (κ3) is 1.96. The van der Waals surface area contributed by atoms with Crippen LogP contribution >= 0.6 is 22.6 Å². The van der Waals surface area contributed by atoms with Gasteiger partial charge in [0.2, 0.25) is 0 Å². The fourth-order valence-electron chi connectivity index (χ4n) is 0.575. The van der Waals surface area contributed by atoms with Crippen LogP contribution in [0.1, 0.15) is 5.69 Å². The molecule has 7 heteroatoms. The van der Waals surface area contributed by atoms with Gasteiger partial charge in [-0.1, -0.05) is 0 Å². The molecule has 0 spiro atoms. The summed E-state index contributed by atoms with van der Waals surface area (Å²) >= 11 is 1.51. The average molecular weight is 289 g/mol. The second kappa shape index (κ2) is 3.04. The predicted octanol–water partition coefficient (Wildman–Crippen LogP) is 1.68. The van der Waals surface area contributed by atoms with Gasteiger partial charge in [0.25, 0.3) is 0 Å². The van der Waals surface area contributed by atoms with Crippen molar-refractivity contribution in [2.45, 2.75) is 6.18 Å². The minimum Gasteiger partial charge on any atom is -0.382 e. The molecule has 0 amide bonds. The molecular weight excluding hydrogens is 286 g/mol. The third-order valence-corrected chi connectivity index (χ3v) is 1.86. The van der Waals surface area contributed by atoms with Crippen molar-refractivity contribution in [2.75, 3.05) is 5.73 Å². The quantitative estimate of drug-likeness (QED) is 0.739. The molecule has 0 aliphatic heterocycles. The molecule has 0 radical (unpaired) electrons. The molecule has 2 N–H and O–H groups in total. The molecule has 12 heavy (non-hydrogen) atoms. The van der Waals surface area contributed by atoms with E-state index in [1.165, 1.54) is 22.6 Å². The van der Waals surface area contributed by atoms with E-state index in [1.54, 1.807) is 0 Å². The van der Waals surface area contributed by atoms with Crippen molar-refractivity contribution in [3.8, 4) is 0 Å². The zero-order valence-corrected chi connectivity index (χ0v) is 7.72. The molecule has 0 aromatic carbocycles. The highest BCUT2D eigenvalue weighted by Gasteiger charge is 2.35. The first-order chi connectivity index (χ1) is 5.41. The number of anilines is 1. The zero-order valence-electron chi connectivity index (χ0n) is 5.56. The van der Waals surface area contributed by atoms with Gasteiger partial charge < -0.3 is 5.73 Å². The van der Waals surface area contributed by atoms with Crippen LogP contribution in [0.2, 0.25) is 0 Å². The largest absolute Gasteiger partial charge is 0.436 e. The van der Waals surface area contributed by atoms with Crippen molar-refractivity contribution in [1.82, 2.24) is 10.2 Å². The molecule has 66 valence electrons. The fraction of sp³-hybridized carbons (Fsp3) is 0.200. The molecular formula is C5H3F3IN3. The van der Waals surface area contributed by atoms with E-state index in [2.05, 4.69) is 10.2 Å². The fourth-order valence-corrected chi connectivity index (χ4v) is 1.31. The summed E-state index contributed by atoms with van der Waals surface area (Å²) in [6.45, 7) is 0. The molecule has 3 nitrogen and oxygen atoms in total. The van der Waals surface area contributed by atoms with E-state index in [0.29, 0.717) is 0 Å². The van der Waals surface area contributed by atoms with Gasteiger partial charge in [-0.15, -0.1) is 10.2 Å². The third-order valence-electron chi connectivity index (χ3n) is 1.03. The minimum absolute atomic E-state index is 0.0209. The Bertz CT molecular complexity index is 298. The van der Waals surface area contributed by atoms with Gasteiger partial charge in [-0.25, -0.2) is 0 Å². The van der Waals surface area contributed by atoms with Crippen LogP contribution in [0.15, 0.2) is 6.07 Å². The summed E-state index contributed by atoms with van der Waals surface area (Å²) in [7, 11) is 0. The first kappa shape index (κ1) is 9.49. The minimum atomic E-state index is -4.46. The van der Waals surface area contributed by atoms with Crippen LogP contribution in [-0.4, -0.2) is 10.2 Å². The van der Waals surface area contributed by atoms with Crippen LogP contribution in [0, 0.1) is 3.57 Å². The maximum absolute atomic E-state index is 12.0. The normalized spacial score (nSPS) is 11.7. The van der Waals surface area contributed by atoms with Gasteiger partial charge in [0.15, 0.2) is 5.69 Å². The molecule has 0 bridgehead atoms. The van der Waals surface area contributed by atoms with Crippen LogP contribution in [-0.2, 0) is 6.18 Å². The molecule has 0 aliphatic carbocycles. The van der Waals surface area contributed by atoms with Crippen molar-refractivity contribution in [3.63, 3.8) is 0 Å². The predicted molar refractivity (Wildman–Crippen MR) is 44.2 cm³/mol. The molecule has 0 fully saturated rings. The van der Waals surface area contributed by atoms with Crippen molar-refractivity contribution in [3.05, 3.63) is 15.3 Å². The van der Waals surface area contributed by atoms with Gasteiger partial charge in [-0.05, 0) is 28.7 Å². The van der Waals surface area contributed by atoms with Gasteiger partial charge in [-0.2, -0.15) is 13.2 Å². The maximum Gasteiger partial charge on any atom is 0.436 e. The van der Waals surface area contributed by atoms with Gasteiger partial charge >= 0.3 is 6.18 Å². The van der Waals surface area contributed by atoms with Crippen molar-refractivity contribution in [1.29, 1.82) is 0 Å². The van der Waals surface area contributed by atoms with Crippen molar-refractivity contribution in [2.24, 2.45) is 0 Å². The van der Waals surface area contributed by atoms with E-state index in [0.717, 1.165) is 6.07 Å². The highest BCUT2D eigenvalue weighted by Crippen LogP contribution is 2.30. The maximum atomic E-state index is 12.0. The number of hydrogen-bond acceptors (Lipinski definition) is 3. The van der Waals surface area contributed by atoms with Gasteiger partial charge in [0.1, 0.15) is 5.82 Å². The number of aromatic nitrogens is 2. The summed E-state index contributed by atoms with van der Waals surface area (Å²) in [5, 5.41) is 6.05. The van der Waals surface area contributed by atoms with E-state index in [4.69, 9.17) is 5.73 Å². The molecule has 1 aromatic heterocycles. The summed E-state index contributed by atoms with van der Waals surface area (Å²) in [5.41, 5.74) is 4.12. The number of halogens is 4. The number of rotatable bonds is 0. The molecule has 1 aromatic rings. The Labute approximate surface area is 79.3 Å². The molecule has 1 rings (SSSR count). The summed E-state index contributed by atoms with van der Waals surface area (Å²) < 4.78 is 36.0. The Hall–Kier alpha value is -0.600. The SMILES string of the molecule is Nc1cc(I)c(C(F)(F)F)nn1. The lowest BCUT2D eigenvalue weighted by Gasteiger charge is -2.06. The molecule has 0 saturated carbocycles. The first-order valence-electron chi connectivity index (χ1n) is 2.77. The summed E-state index contributed by atoms with van der Waals surface area (Å²) in [5.74, 6) is -0.0209. The second-order valence-corrected chi connectivity index (χ2v) is 3.13. The van der Waals surface area contributed by atoms with E-state index in [-0.39, 0.29) is 9.39 Å². The summed E-state index contributed by atoms with van der Waals surface area (Å²) in [6.07, 6.45) is -4.46. The average Bonchev–Trinajstić information content (AvgIpc) is 1.83. The van der Waals surface area contributed by atoms with Crippen molar-refractivity contribution >= 4 is 28.4 Å². The Morgan fingerprint density at radius 1 is 1.33 bits per heavy atom. The van der Waals surface area contributed by atoms with E-state index >= 15 is 0 Å². The van der Waals surface area contributed by atoms with Crippen LogP contribution < -0.4 is 5.73 Å². The smallest absolute Gasteiger partial charge is 0.382 e. The van der Waals surface area contributed by atoms with E-state index < -0.39 is 11.9 Å². The molecule has 0 unspecified atom stereocenters. The monoisotopic (exact) mass is 289 g/mol. The number of alkyl halides is 3. The van der Waals surface area contributed by atoms with Crippen LogP contribution in [0.25, 0.3) is 0 Å². The summed E-state index contributed by atoms with van der Waals surface area (Å²) in [4.78, 5) is 0. The topological polar surface area (TPSA) is 51.8 Å². The Morgan fingerprint density at radius 2 is 1.92 bits per heavy atom. The van der Waals surface area contributed by atoms with Crippen LogP contribution in [0.3, 0.4) is 0 Å². The zero-order chi connectivity index (χ0) is 9.35. The highest BCUT2D eigenvalue weighted by atomic mass is 127. The number of nitrogens with two attached hydrogens (primary N) is 1. The van der Waals surface area contributed by atoms with E-state index in [9.17, 15) is 13.2 Å². The Kier molecular flexibility index (Phi) is 2.40. The standard InChI is InChI=1S/C5H3F3IN3/c6-5(7,8)4-2(9)1-3(10)11-12-4/h1H,(H2,10,11). The summed E-state index contributed by atoms with van der Waals surface area (Å²) in [6, 6.07) is 1.12. The Balaban J connectivity index is 3.19. The molecule has 0 aliphatic rings. The van der Waals surface area contributed by atoms with Gasteiger partial charge in [-0.3, -0.25) is 0 Å². The lowest BCUT2D eigenvalue weighted by Crippen LogP contribution is -2.12. The van der Waals surface area contributed by atoms with Gasteiger partial charge in [0.05, 0.1) is 0 Å². The van der Waals surface area contributed by atoms with E-state index in [1.807, 2.05) is 0 Å². The molecule has 0 saturated heterocycles. The van der Waals surface area contributed by atoms with Gasteiger partial charge in [0, 0.05) is 3.57 Å². The second-order valence-electron chi connectivity index (χ2n) is 1.96. The van der Waals surface area contributed by atoms with Crippen molar-refractivity contribution < 1.29 is 13.2 Å². The lowest BCUT2D eigenvalue weighted by molar-refractivity contribution is -0.142.